The summed E-state index contributed by atoms with van der Waals surface area (Å²) in [5.74, 6) is 0.923. The highest BCUT2D eigenvalue weighted by Gasteiger charge is 2.06. The Labute approximate surface area is 123 Å². The minimum atomic E-state index is 0.817. The molecular formula is C16H28N2O2. The Morgan fingerprint density at radius 1 is 1.15 bits per heavy atom. The van der Waals surface area contributed by atoms with Crippen LogP contribution in [0.15, 0.2) is 24.3 Å². The number of nitrogens with one attached hydrogen (secondary N) is 1. The molecule has 0 spiro atoms. The molecule has 0 heterocycles. The number of ether oxygens (including phenoxy) is 2. The van der Waals surface area contributed by atoms with Crippen molar-refractivity contribution < 1.29 is 9.47 Å². The van der Waals surface area contributed by atoms with Crippen molar-refractivity contribution in [1.82, 2.24) is 5.32 Å². The van der Waals surface area contributed by atoms with Gasteiger partial charge in [0.2, 0.25) is 0 Å². The molecule has 0 fully saturated rings. The molecule has 0 aromatic heterocycles. The van der Waals surface area contributed by atoms with Crippen molar-refractivity contribution in [1.29, 1.82) is 0 Å². The molecule has 0 atom stereocenters. The van der Waals surface area contributed by atoms with E-state index >= 15 is 0 Å². The van der Waals surface area contributed by atoms with E-state index in [9.17, 15) is 0 Å². The van der Waals surface area contributed by atoms with E-state index in [0.29, 0.717) is 0 Å². The quantitative estimate of drug-likeness (QED) is 0.632. The molecule has 1 N–H and O–H groups in total. The fourth-order valence-corrected chi connectivity index (χ4v) is 2.04. The summed E-state index contributed by atoms with van der Waals surface area (Å²) in [6.45, 7) is 6.71. The van der Waals surface area contributed by atoms with E-state index in [1.165, 1.54) is 6.42 Å². The maximum absolute atomic E-state index is 5.37. The number of nitrogens with zero attached hydrogens (tertiary/aromatic N) is 1. The van der Waals surface area contributed by atoms with Crippen LogP contribution in [0.1, 0.15) is 19.8 Å². The zero-order valence-electron chi connectivity index (χ0n) is 13.0. The summed E-state index contributed by atoms with van der Waals surface area (Å²) in [6.07, 6.45) is 2.29. The normalized spacial score (nSPS) is 10.6. The SMILES string of the molecule is CCOCCCCNCCN(C)c1ccccc1OC. The van der Waals surface area contributed by atoms with E-state index in [0.717, 1.165) is 50.7 Å². The van der Waals surface area contributed by atoms with Gasteiger partial charge in [0.15, 0.2) is 0 Å². The second-order valence-corrected chi connectivity index (χ2v) is 4.75. The Balaban J connectivity index is 2.15. The van der Waals surface area contributed by atoms with Crippen LogP contribution < -0.4 is 15.0 Å². The van der Waals surface area contributed by atoms with Crippen LogP contribution in [0, 0.1) is 0 Å². The van der Waals surface area contributed by atoms with Crippen LogP contribution in [-0.4, -0.2) is 47.0 Å². The predicted molar refractivity (Wildman–Crippen MR) is 84.9 cm³/mol. The Hall–Kier alpha value is -1.26. The first-order valence-electron chi connectivity index (χ1n) is 7.42. The van der Waals surface area contributed by atoms with Gasteiger partial charge in [-0.05, 0) is 38.4 Å². The van der Waals surface area contributed by atoms with E-state index < -0.39 is 0 Å². The molecule has 0 amide bonds. The van der Waals surface area contributed by atoms with Crippen LogP contribution >= 0.6 is 0 Å². The van der Waals surface area contributed by atoms with Crippen molar-refractivity contribution in [3.8, 4) is 5.75 Å². The molecule has 0 aliphatic rings. The minimum absolute atomic E-state index is 0.817. The highest BCUT2D eigenvalue weighted by Crippen LogP contribution is 2.25. The molecule has 4 nitrogen and oxygen atoms in total. The number of rotatable bonds is 11. The lowest BCUT2D eigenvalue weighted by molar-refractivity contribution is 0.143. The van der Waals surface area contributed by atoms with Crippen LogP contribution in [0.25, 0.3) is 0 Å². The van der Waals surface area contributed by atoms with Gasteiger partial charge in [0.25, 0.3) is 0 Å². The molecule has 4 heteroatoms. The van der Waals surface area contributed by atoms with Gasteiger partial charge < -0.3 is 19.7 Å². The third-order valence-electron chi connectivity index (χ3n) is 3.22. The van der Waals surface area contributed by atoms with Crippen molar-refractivity contribution in [2.45, 2.75) is 19.8 Å². The molecule has 1 aromatic rings. The monoisotopic (exact) mass is 280 g/mol. The number of anilines is 1. The summed E-state index contributed by atoms with van der Waals surface area (Å²) in [5.41, 5.74) is 1.13. The number of likely N-dealkylation sites (N-methyl/N-ethyl adjacent to an activating group) is 1. The summed E-state index contributed by atoms with van der Waals surface area (Å²) < 4.78 is 10.7. The number of unbranched alkanes of at least 4 members (excludes halogenated alkanes) is 1. The molecule has 0 saturated carbocycles. The van der Waals surface area contributed by atoms with Crippen LogP contribution in [0.4, 0.5) is 5.69 Å². The molecule has 114 valence electrons. The van der Waals surface area contributed by atoms with Gasteiger partial charge in [-0.1, -0.05) is 12.1 Å². The van der Waals surface area contributed by atoms with Gasteiger partial charge in [-0.3, -0.25) is 0 Å². The Bertz CT molecular complexity index is 358. The van der Waals surface area contributed by atoms with Gasteiger partial charge in [0.05, 0.1) is 12.8 Å². The highest BCUT2D eigenvalue weighted by atomic mass is 16.5. The van der Waals surface area contributed by atoms with Crippen LogP contribution in [0.5, 0.6) is 5.75 Å². The van der Waals surface area contributed by atoms with Gasteiger partial charge >= 0.3 is 0 Å². The smallest absolute Gasteiger partial charge is 0.142 e. The van der Waals surface area contributed by atoms with Crippen molar-refractivity contribution in [3.05, 3.63) is 24.3 Å². The molecule has 1 rings (SSSR count). The fourth-order valence-electron chi connectivity index (χ4n) is 2.04. The Morgan fingerprint density at radius 2 is 1.95 bits per heavy atom. The zero-order chi connectivity index (χ0) is 14.6. The van der Waals surface area contributed by atoms with Crippen LogP contribution in [0.3, 0.4) is 0 Å². The van der Waals surface area contributed by atoms with Crippen LogP contribution in [-0.2, 0) is 4.74 Å². The molecule has 0 aliphatic carbocycles. The predicted octanol–water partition coefficient (Wildman–Crippen LogP) is 2.54. The van der Waals surface area contributed by atoms with Gasteiger partial charge in [0, 0.05) is 33.4 Å². The molecule has 20 heavy (non-hydrogen) atoms. The van der Waals surface area contributed by atoms with E-state index in [2.05, 4.69) is 23.3 Å². The van der Waals surface area contributed by atoms with Gasteiger partial charge in [0.1, 0.15) is 5.75 Å². The van der Waals surface area contributed by atoms with E-state index in [1.807, 2.05) is 25.1 Å². The second kappa shape index (κ2) is 10.5. The number of methoxy groups -OCH3 is 1. The summed E-state index contributed by atoms with van der Waals surface area (Å²) in [6, 6.07) is 8.11. The number of hydrogen-bond acceptors (Lipinski definition) is 4. The third-order valence-corrected chi connectivity index (χ3v) is 3.22. The molecular weight excluding hydrogens is 252 g/mol. The largest absolute Gasteiger partial charge is 0.495 e. The zero-order valence-corrected chi connectivity index (χ0v) is 13.0. The van der Waals surface area contributed by atoms with Crippen molar-refractivity contribution in [2.75, 3.05) is 51.9 Å². The average Bonchev–Trinajstić information content (AvgIpc) is 2.49. The van der Waals surface area contributed by atoms with Crippen molar-refractivity contribution in [2.24, 2.45) is 0 Å². The lowest BCUT2D eigenvalue weighted by Gasteiger charge is -2.21. The van der Waals surface area contributed by atoms with Crippen LogP contribution in [0.2, 0.25) is 0 Å². The van der Waals surface area contributed by atoms with Gasteiger partial charge in [-0.25, -0.2) is 0 Å². The molecule has 0 saturated heterocycles. The minimum Gasteiger partial charge on any atom is -0.495 e. The van der Waals surface area contributed by atoms with E-state index in [-0.39, 0.29) is 0 Å². The lowest BCUT2D eigenvalue weighted by Crippen LogP contribution is -2.30. The third kappa shape index (κ3) is 6.26. The molecule has 0 aliphatic heterocycles. The van der Waals surface area contributed by atoms with Crippen molar-refractivity contribution >= 4 is 5.69 Å². The fraction of sp³-hybridized carbons (Fsp3) is 0.625. The number of hydrogen-bond donors (Lipinski definition) is 1. The Kier molecular flexibility index (Phi) is 8.83. The highest BCUT2D eigenvalue weighted by molar-refractivity contribution is 5.57. The maximum atomic E-state index is 5.37. The van der Waals surface area contributed by atoms with Crippen molar-refractivity contribution in [3.63, 3.8) is 0 Å². The summed E-state index contributed by atoms with van der Waals surface area (Å²) in [4.78, 5) is 2.21. The summed E-state index contributed by atoms with van der Waals surface area (Å²) in [7, 11) is 3.80. The summed E-state index contributed by atoms with van der Waals surface area (Å²) in [5, 5.41) is 3.46. The van der Waals surface area contributed by atoms with Gasteiger partial charge in [-0.15, -0.1) is 0 Å². The average molecular weight is 280 g/mol. The molecule has 0 unspecified atom stereocenters. The first-order chi connectivity index (χ1) is 9.79. The summed E-state index contributed by atoms with van der Waals surface area (Å²) >= 11 is 0. The van der Waals surface area contributed by atoms with Gasteiger partial charge in [-0.2, -0.15) is 0 Å². The first-order valence-corrected chi connectivity index (χ1v) is 7.42. The topological polar surface area (TPSA) is 33.7 Å². The lowest BCUT2D eigenvalue weighted by atomic mass is 10.2. The maximum Gasteiger partial charge on any atom is 0.142 e. The Morgan fingerprint density at radius 3 is 2.70 bits per heavy atom. The number of para-hydroxylation sites is 2. The first kappa shape index (κ1) is 16.8. The second-order valence-electron chi connectivity index (χ2n) is 4.75. The molecule has 0 bridgehead atoms. The van der Waals surface area contributed by atoms with E-state index in [4.69, 9.17) is 9.47 Å². The standard InChI is InChI=1S/C16H28N2O2/c1-4-20-14-8-7-11-17-12-13-18(2)15-9-5-6-10-16(15)19-3/h5-6,9-10,17H,4,7-8,11-14H2,1-3H3. The molecule has 1 aromatic carbocycles. The van der Waals surface area contributed by atoms with E-state index in [1.54, 1.807) is 7.11 Å². The molecule has 0 radical (unpaired) electrons. The number of benzene rings is 1.